The number of piperidine rings is 1. The van der Waals surface area contributed by atoms with Crippen LogP contribution in [0.1, 0.15) is 25.3 Å². The first-order chi connectivity index (χ1) is 14.7. The van der Waals surface area contributed by atoms with Crippen LogP contribution in [0.5, 0.6) is 0 Å². The van der Waals surface area contributed by atoms with Gasteiger partial charge in [0.15, 0.2) is 0 Å². The number of fused-ring (bicyclic) bond motifs is 2. The van der Waals surface area contributed by atoms with Crippen LogP contribution >= 0.6 is 11.8 Å². The SMILES string of the molecule is CC(CN1CCC(N(C)C)CC1)CN1c2ccccc2Sc2ccc(C(F)(F)F)cc21. The monoisotopic (exact) mass is 449 g/mol. The zero-order valence-electron chi connectivity index (χ0n) is 18.3. The molecule has 3 nitrogen and oxygen atoms in total. The molecule has 0 amide bonds. The minimum atomic E-state index is -4.34. The molecule has 0 aliphatic carbocycles. The number of para-hydroxylation sites is 1. The largest absolute Gasteiger partial charge is 0.416 e. The van der Waals surface area contributed by atoms with Crippen molar-refractivity contribution in [2.24, 2.45) is 5.92 Å². The van der Waals surface area contributed by atoms with E-state index >= 15 is 0 Å². The van der Waals surface area contributed by atoms with Gasteiger partial charge in [-0.15, -0.1) is 0 Å². The third-order valence-electron chi connectivity index (χ3n) is 6.30. The van der Waals surface area contributed by atoms with E-state index < -0.39 is 11.7 Å². The molecule has 4 rings (SSSR count). The van der Waals surface area contributed by atoms with Gasteiger partial charge in [0.05, 0.1) is 16.9 Å². The molecule has 1 atom stereocenters. The van der Waals surface area contributed by atoms with Crippen LogP contribution in [0, 0.1) is 5.92 Å². The predicted molar refractivity (Wildman–Crippen MR) is 121 cm³/mol. The summed E-state index contributed by atoms with van der Waals surface area (Å²) in [7, 11) is 4.28. The van der Waals surface area contributed by atoms with E-state index in [1.54, 1.807) is 17.8 Å². The van der Waals surface area contributed by atoms with Crippen LogP contribution in [0.25, 0.3) is 0 Å². The minimum absolute atomic E-state index is 0.328. The molecule has 1 unspecified atom stereocenters. The Morgan fingerprint density at radius 3 is 2.35 bits per heavy atom. The first-order valence-corrected chi connectivity index (χ1v) is 11.7. The van der Waals surface area contributed by atoms with Crippen molar-refractivity contribution in [2.45, 2.75) is 41.8 Å². The first kappa shape index (κ1) is 22.5. The maximum absolute atomic E-state index is 13.4. The van der Waals surface area contributed by atoms with E-state index in [-0.39, 0.29) is 0 Å². The van der Waals surface area contributed by atoms with Gasteiger partial charge in [-0.3, -0.25) is 0 Å². The summed E-state index contributed by atoms with van der Waals surface area (Å²) in [4.78, 5) is 8.87. The molecule has 0 N–H and O–H groups in total. The van der Waals surface area contributed by atoms with Crippen molar-refractivity contribution in [1.82, 2.24) is 9.80 Å². The summed E-state index contributed by atoms with van der Waals surface area (Å²) in [6.45, 7) is 6.01. The van der Waals surface area contributed by atoms with Crippen LogP contribution in [0.2, 0.25) is 0 Å². The van der Waals surface area contributed by atoms with Crippen LogP contribution in [-0.2, 0) is 6.18 Å². The van der Waals surface area contributed by atoms with Crippen LogP contribution in [0.4, 0.5) is 24.5 Å². The van der Waals surface area contributed by atoms with Crippen LogP contribution < -0.4 is 4.90 Å². The number of likely N-dealkylation sites (tertiary alicyclic amines) is 1. The molecule has 168 valence electrons. The molecule has 2 aliphatic heterocycles. The Morgan fingerprint density at radius 2 is 1.68 bits per heavy atom. The molecular formula is C24H30F3N3S. The molecule has 31 heavy (non-hydrogen) atoms. The number of halogens is 3. The number of hydrogen-bond acceptors (Lipinski definition) is 4. The lowest BCUT2D eigenvalue weighted by molar-refractivity contribution is -0.137. The van der Waals surface area contributed by atoms with Crippen molar-refractivity contribution in [2.75, 3.05) is 45.2 Å². The molecule has 0 radical (unpaired) electrons. The molecule has 0 saturated carbocycles. The maximum atomic E-state index is 13.4. The number of anilines is 2. The second-order valence-corrected chi connectivity index (χ2v) is 10.0. The van der Waals surface area contributed by atoms with Crippen molar-refractivity contribution in [3.8, 4) is 0 Å². The van der Waals surface area contributed by atoms with Crippen molar-refractivity contribution < 1.29 is 13.2 Å². The van der Waals surface area contributed by atoms with Gasteiger partial charge < -0.3 is 14.7 Å². The molecule has 1 saturated heterocycles. The number of alkyl halides is 3. The van der Waals surface area contributed by atoms with E-state index in [1.165, 1.54) is 25.0 Å². The topological polar surface area (TPSA) is 9.72 Å². The van der Waals surface area contributed by atoms with Gasteiger partial charge in [0.1, 0.15) is 0 Å². The zero-order chi connectivity index (χ0) is 22.2. The lowest BCUT2D eigenvalue weighted by atomic mass is 10.0. The molecule has 0 aromatic heterocycles. The Labute approximate surface area is 187 Å². The van der Waals surface area contributed by atoms with Gasteiger partial charge in [0.2, 0.25) is 0 Å². The molecule has 2 aliphatic rings. The van der Waals surface area contributed by atoms with Crippen LogP contribution in [0.15, 0.2) is 52.3 Å². The summed E-state index contributed by atoms with van der Waals surface area (Å²) in [5.74, 6) is 0.328. The van der Waals surface area contributed by atoms with Gasteiger partial charge in [-0.2, -0.15) is 13.2 Å². The van der Waals surface area contributed by atoms with Crippen molar-refractivity contribution in [1.29, 1.82) is 0 Å². The van der Waals surface area contributed by atoms with Gasteiger partial charge in [-0.05, 0) is 76.3 Å². The van der Waals surface area contributed by atoms with E-state index in [2.05, 4.69) is 35.7 Å². The van der Waals surface area contributed by atoms with E-state index in [0.29, 0.717) is 24.2 Å². The first-order valence-electron chi connectivity index (χ1n) is 10.9. The van der Waals surface area contributed by atoms with Crippen molar-refractivity contribution >= 4 is 23.1 Å². The number of hydrogen-bond donors (Lipinski definition) is 0. The normalized spacial score (nSPS) is 18.7. The third kappa shape index (κ3) is 5.04. The Balaban J connectivity index is 1.53. The van der Waals surface area contributed by atoms with E-state index in [9.17, 15) is 13.2 Å². The molecule has 0 bridgehead atoms. The average Bonchev–Trinajstić information content (AvgIpc) is 2.73. The standard InChI is InChI=1S/C24H30F3N3S/c1-17(15-29-12-10-19(11-13-29)28(2)3)16-30-20-6-4-5-7-22(20)31-23-9-8-18(14-21(23)30)24(25,26)27/h4-9,14,17,19H,10-13,15-16H2,1-3H3. The highest BCUT2D eigenvalue weighted by Crippen LogP contribution is 2.49. The van der Waals surface area contributed by atoms with E-state index in [4.69, 9.17) is 0 Å². The summed E-state index contributed by atoms with van der Waals surface area (Å²) >= 11 is 1.55. The van der Waals surface area contributed by atoms with Gasteiger partial charge >= 0.3 is 6.18 Å². The molecule has 7 heteroatoms. The summed E-state index contributed by atoms with van der Waals surface area (Å²) < 4.78 is 40.2. The summed E-state index contributed by atoms with van der Waals surface area (Å²) in [5.41, 5.74) is 1.07. The zero-order valence-corrected chi connectivity index (χ0v) is 19.1. The Kier molecular flexibility index (Phi) is 6.56. The lowest BCUT2D eigenvalue weighted by Gasteiger charge is -2.38. The third-order valence-corrected chi connectivity index (χ3v) is 7.43. The second kappa shape index (κ2) is 9.04. The highest BCUT2D eigenvalue weighted by atomic mass is 32.2. The number of benzene rings is 2. The average molecular weight is 450 g/mol. The molecule has 2 aromatic rings. The Hall–Kier alpha value is -1.70. The predicted octanol–water partition coefficient (Wildman–Crippen LogP) is 5.97. The smallest absolute Gasteiger partial charge is 0.339 e. The molecule has 1 fully saturated rings. The summed E-state index contributed by atoms with van der Waals surface area (Å²) in [5, 5.41) is 0. The number of nitrogens with zero attached hydrogens (tertiary/aromatic N) is 3. The van der Waals surface area contributed by atoms with Crippen molar-refractivity contribution in [3.05, 3.63) is 48.0 Å². The van der Waals surface area contributed by atoms with Crippen LogP contribution in [0.3, 0.4) is 0 Å². The van der Waals surface area contributed by atoms with Gasteiger partial charge in [0.25, 0.3) is 0 Å². The molecule has 2 heterocycles. The quantitative estimate of drug-likeness (QED) is 0.556. The van der Waals surface area contributed by atoms with Gasteiger partial charge in [-0.1, -0.05) is 30.8 Å². The van der Waals surface area contributed by atoms with E-state index in [1.807, 2.05) is 24.3 Å². The number of rotatable bonds is 5. The van der Waals surface area contributed by atoms with Crippen molar-refractivity contribution in [3.63, 3.8) is 0 Å². The van der Waals surface area contributed by atoms with Gasteiger partial charge in [-0.25, -0.2) is 0 Å². The second-order valence-electron chi connectivity index (χ2n) is 8.96. The van der Waals surface area contributed by atoms with E-state index in [0.717, 1.165) is 35.1 Å². The minimum Gasteiger partial charge on any atom is -0.339 e. The summed E-state index contributed by atoms with van der Waals surface area (Å²) in [6, 6.07) is 12.8. The molecular weight excluding hydrogens is 419 g/mol. The maximum Gasteiger partial charge on any atom is 0.416 e. The summed E-state index contributed by atoms with van der Waals surface area (Å²) in [6.07, 6.45) is -2.01. The Morgan fingerprint density at radius 1 is 1.00 bits per heavy atom. The Bertz CT molecular complexity index is 907. The van der Waals surface area contributed by atoms with Crippen LogP contribution in [-0.4, -0.2) is 56.1 Å². The fraction of sp³-hybridized carbons (Fsp3) is 0.500. The molecule has 2 aromatic carbocycles. The lowest BCUT2D eigenvalue weighted by Crippen LogP contribution is -2.44. The van der Waals surface area contributed by atoms with Gasteiger partial charge in [0, 0.05) is 28.9 Å². The fourth-order valence-electron chi connectivity index (χ4n) is 4.63. The molecule has 0 spiro atoms. The highest BCUT2D eigenvalue weighted by Gasteiger charge is 2.33. The highest BCUT2D eigenvalue weighted by molar-refractivity contribution is 7.99. The fourth-order valence-corrected chi connectivity index (χ4v) is 5.71.